The number of rotatable bonds is 3. The minimum absolute atomic E-state index is 0.0211. The van der Waals surface area contributed by atoms with E-state index in [1.165, 1.54) is 6.92 Å². The van der Waals surface area contributed by atoms with Crippen molar-refractivity contribution < 1.29 is 22.7 Å². The van der Waals surface area contributed by atoms with Crippen LogP contribution in [0.1, 0.15) is 17.3 Å². The van der Waals surface area contributed by atoms with Gasteiger partial charge in [-0.05, 0) is 13.0 Å². The summed E-state index contributed by atoms with van der Waals surface area (Å²) in [5.74, 6) is -4.48. The van der Waals surface area contributed by atoms with Crippen molar-refractivity contribution in [2.24, 2.45) is 0 Å². The Kier molecular flexibility index (Phi) is 4.64. The molecule has 0 aliphatic carbocycles. The van der Waals surface area contributed by atoms with Crippen LogP contribution in [0.5, 0.6) is 0 Å². The summed E-state index contributed by atoms with van der Waals surface area (Å²) in [5.41, 5.74) is -1.62. The molecule has 0 bridgehead atoms. The van der Waals surface area contributed by atoms with Gasteiger partial charge in [0.15, 0.2) is 28.3 Å². The first-order chi connectivity index (χ1) is 12.3. The molecule has 0 unspecified atom stereocenters. The van der Waals surface area contributed by atoms with E-state index in [2.05, 4.69) is 9.97 Å². The molecule has 0 fully saturated rings. The van der Waals surface area contributed by atoms with Crippen LogP contribution in [0.2, 0.25) is 5.15 Å². The van der Waals surface area contributed by atoms with Crippen LogP contribution in [0, 0.1) is 17.5 Å². The van der Waals surface area contributed by atoms with E-state index < -0.39 is 45.4 Å². The monoisotopic (exact) mass is 383 g/mol. The number of carbonyl (C=O) groups is 1. The molecule has 0 N–H and O–H groups in total. The quantitative estimate of drug-likeness (QED) is 0.513. The fraction of sp³-hybridized carbons (Fsp3) is 0.125. The van der Waals surface area contributed by atoms with Gasteiger partial charge in [0.05, 0.1) is 18.2 Å². The van der Waals surface area contributed by atoms with Crippen LogP contribution < -0.4 is 5.43 Å². The predicted molar refractivity (Wildman–Crippen MR) is 86.0 cm³/mol. The number of esters is 1. The maximum atomic E-state index is 14.2. The summed E-state index contributed by atoms with van der Waals surface area (Å²) in [5, 5.41) is -0.917. The second kappa shape index (κ2) is 6.75. The molecule has 10 heteroatoms. The van der Waals surface area contributed by atoms with Crippen LogP contribution in [-0.2, 0) is 4.74 Å². The number of pyridine rings is 3. The lowest BCUT2D eigenvalue weighted by molar-refractivity contribution is 0.0524. The summed E-state index contributed by atoms with van der Waals surface area (Å²) in [6.45, 7) is 1.51. The number of carbonyl (C=O) groups excluding carboxylic acids is 1. The number of ether oxygens (including phenoxy) is 1. The Morgan fingerprint density at radius 1 is 1.27 bits per heavy atom. The van der Waals surface area contributed by atoms with Gasteiger partial charge in [-0.1, -0.05) is 11.6 Å². The number of hydrogen-bond acceptors (Lipinski definition) is 5. The van der Waals surface area contributed by atoms with Crippen LogP contribution in [0.3, 0.4) is 0 Å². The summed E-state index contributed by atoms with van der Waals surface area (Å²) < 4.78 is 46.8. The maximum absolute atomic E-state index is 14.2. The summed E-state index contributed by atoms with van der Waals surface area (Å²) in [6.07, 6.45) is 1.67. The molecule has 3 rings (SSSR count). The minimum atomic E-state index is -1.09. The van der Waals surface area contributed by atoms with Gasteiger partial charge in [-0.2, -0.15) is 0 Å². The van der Waals surface area contributed by atoms with E-state index in [0.29, 0.717) is 6.07 Å². The van der Waals surface area contributed by atoms with E-state index >= 15 is 0 Å². The summed E-state index contributed by atoms with van der Waals surface area (Å²) in [7, 11) is 0. The average molecular weight is 384 g/mol. The molecule has 134 valence electrons. The molecule has 0 aliphatic heterocycles. The van der Waals surface area contributed by atoms with E-state index in [-0.39, 0.29) is 17.6 Å². The molecule has 0 spiro atoms. The first kappa shape index (κ1) is 17.9. The van der Waals surface area contributed by atoms with Crippen molar-refractivity contribution in [2.75, 3.05) is 6.61 Å². The smallest absolute Gasteiger partial charge is 0.343 e. The van der Waals surface area contributed by atoms with Crippen molar-refractivity contribution >= 4 is 28.6 Å². The normalized spacial score (nSPS) is 11.0. The highest BCUT2D eigenvalue weighted by molar-refractivity contribution is 6.29. The summed E-state index contributed by atoms with van der Waals surface area (Å²) >= 11 is 5.65. The van der Waals surface area contributed by atoms with Crippen LogP contribution in [-0.4, -0.2) is 27.1 Å². The Bertz CT molecular complexity index is 1100. The third-order valence-corrected chi connectivity index (χ3v) is 3.67. The van der Waals surface area contributed by atoms with Crippen molar-refractivity contribution in [1.82, 2.24) is 14.5 Å². The average Bonchev–Trinajstić information content (AvgIpc) is 2.58. The number of fused-ring (bicyclic) bond motifs is 1. The van der Waals surface area contributed by atoms with Gasteiger partial charge in [0.25, 0.3) is 0 Å². The Labute approximate surface area is 148 Å². The molecular formula is C16H9ClF3N3O3. The molecule has 0 aromatic carbocycles. The Balaban J connectivity index is 2.43. The third kappa shape index (κ3) is 3.01. The molecule has 0 radical (unpaired) electrons. The first-order valence-electron chi connectivity index (χ1n) is 7.23. The number of aromatic nitrogens is 3. The van der Waals surface area contributed by atoms with Crippen LogP contribution >= 0.6 is 11.6 Å². The Morgan fingerprint density at radius 3 is 2.65 bits per heavy atom. The van der Waals surface area contributed by atoms with E-state index in [4.69, 9.17) is 16.3 Å². The topological polar surface area (TPSA) is 74.1 Å². The molecule has 0 saturated heterocycles. The van der Waals surface area contributed by atoms with E-state index in [1.54, 1.807) is 0 Å². The van der Waals surface area contributed by atoms with Crippen molar-refractivity contribution in [3.05, 3.63) is 62.9 Å². The van der Waals surface area contributed by atoms with Crippen LogP contribution in [0.15, 0.2) is 29.3 Å². The lowest BCUT2D eigenvalue weighted by Crippen LogP contribution is -2.22. The maximum Gasteiger partial charge on any atom is 0.343 e. The molecule has 0 atom stereocenters. The minimum Gasteiger partial charge on any atom is -0.462 e. The van der Waals surface area contributed by atoms with Crippen LogP contribution in [0.25, 0.3) is 16.9 Å². The van der Waals surface area contributed by atoms with Gasteiger partial charge in [-0.25, -0.2) is 27.9 Å². The van der Waals surface area contributed by atoms with Crippen molar-refractivity contribution in [1.29, 1.82) is 0 Å². The fourth-order valence-electron chi connectivity index (χ4n) is 2.30. The van der Waals surface area contributed by atoms with E-state index in [1.807, 2.05) is 0 Å². The molecule has 3 aromatic rings. The summed E-state index contributed by atoms with van der Waals surface area (Å²) in [4.78, 5) is 31.9. The molecule has 0 saturated carbocycles. The SMILES string of the molecule is CCOC(=O)c1cn(-c2ncc(F)cc2F)c2nc(Cl)c(F)cc2c1=O. The van der Waals surface area contributed by atoms with Gasteiger partial charge in [0.1, 0.15) is 11.4 Å². The van der Waals surface area contributed by atoms with Gasteiger partial charge in [-0.15, -0.1) is 0 Å². The van der Waals surface area contributed by atoms with Crippen LogP contribution in [0.4, 0.5) is 13.2 Å². The van der Waals surface area contributed by atoms with Gasteiger partial charge in [0.2, 0.25) is 5.43 Å². The predicted octanol–water partition coefficient (Wildman–Crippen LogP) is 3.03. The zero-order valence-electron chi connectivity index (χ0n) is 13.1. The standard InChI is InChI=1S/C16H9ClF3N3O3/c1-2-26-16(25)9-6-23(15-11(20)3-7(18)5-21-15)14-8(12(9)24)4-10(19)13(17)22-14/h3-6H,2H2,1H3. The van der Waals surface area contributed by atoms with Gasteiger partial charge in [-0.3, -0.25) is 9.36 Å². The molecule has 26 heavy (non-hydrogen) atoms. The zero-order valence-corrected chi connectivity index (χ0v) is 13.9. The lowest BCUT2D eigenvalue weighted by atomic mass is 10.2. The molecule has 3 heterocycles. The molecule has 3 aromatic heterocycles. The zero-order chi connectivity index (χ0) is 19.0. The molecule has 0 aliphatic rings. The van der Waals surface area contributed by atoms with Gasteiger partial charge < -0.3 is 4.74 Å². The second-order valence-electron chi connectivity index (χ2n) is 5.05. The third-order valence-electron chi connectivity index (χ3n) is 3.40. The summed E-state index contributed by atoms with van der Waals surface area (Å²) in [6, 6.07) is 1.33. The Morgan fingerprint density at radius 2 is 2.00 bits per heavy atom. The van der Waals surface area contributed by atoms with E-state index in [0.717, 1.165) is 23.0 Å². The van der Waals surface area contributed by atoms with Gasteiger partial charge >= 0.3 is 5.97 Å². The second-order valence-corrected chi connectivity index (χ2v) is 5.41. The highest BCUT2D eigenvalue weighted by Crippen LogP contribution is 2.22. The number of hydrogen-bond donors (Lipinski definition) is 0. The fourth-order valence-corrected chi connectivity index (χ4v) is 2.44. The van der Waals surface area contributed by atoms with Crippen molar-refractivity contribution in [2.45, 2.75) is 6.92 Å². The number of halogens is 4. The van der Waals surface area contributed by atoms with Crippen molar-refractivity contribution in [3.8, 4) is 5.82 Å². The molecule has 6 nitrogen and oxygen atoms in total. The molecular weight excluding hydrogens is 375 g/mol. The van der Waals surface area contributed by atoms with Crippen molar-refractivity contribution in [3.63, 3.8) is 0 Å². The lowest BCUT2D eigenvalue weighted by Gasteiger charge is -2.12. The highest BCUT2D eigenvalue weighted by Gasteiger charge is 2.21. The number of nitrogens with zero attached hydrogens (tertiary/aromatic N) is 3. The highest BCUT2D eigenvalue weighted by atomic mass is 35.5. The van der Waals surface area contributed by atoms with Gasteiger partial charge in [0, 0.05) is 12.3 Å². The molecule has 0 amide bonds. The largest absolute Gasteiger partial charge is 0.462 e. The van der Waals surface area contributed by atoms with E-state index in [9.17, 15) is 22.8 Å². The Hall–Kier alpha value is -2.94. The first-order valence-corrected chi connectivity index (χ1v) is 7.61.